The van der Waals surface area contributed by atoms with Gasteiger partial charge in [0.2, 0.25) is 0 Å². The topological polar surface area (TPSA) is 49.8 Å². The Morgan fingerprint density at radius 1 is 1.47 bits per heavy atom. The Labute approximate surface area is 102 Å². The molecule has 3 rings (SSSR count). The fourth-order valence-electron chi connectivity index (χ4n) is 3.82. The molecule has 1 saturated carbocycles. The summed E-state index contributed by atoms with van der Waals surface area (Å²) in [5.74, 6) is 0.162. The van der Waals surface area contributed by atoms with Crippen molar-refractivity contribution in [3.63, 3.8) is 0 Å². The third-order valence-electron chi connectivity index (χ3n) is 4.80. The summed E-state index contributed by atoms with van der Waals surface area (Å²) in [6.45, 7) is 2.93. The van der Waals surface area contributed by atoms with Crippen LogP contribution in [0, 0.1) is 11.3 Å². The number of likely N-dealkylation sites (tertiary alicyclic amines) is 1. The van der Waals surface area contributed by atoms with E-state index in [-0.39, 0.29) is 0 Å². The van der Waals surface area contributed by atoms with E-state index in [1.807, 2.05) is 0 Å². The van der Waals surface area contributed by atoms with E-state index >= 15 is 0 Å². The molecule has 96 valence electrons. The second-order valence-corrected chi connectivity index (χ2v) is 6.00. The molecule has 0 aromatic rings. The average molecular weight is 239 g/mol. The quantitative estimate of drug-likeness (QED) is 0.807. The van der Waals surface area contributed by atoms with Gasteiger partial charge >= 0.3 is 5.97 Å². The van der Waals surface area contributed by atoms with Gasteiger partial charge in [-0.25, -0.2) is 0 Å². The zero-order valence-corrected chi connectivity index (χ0v) is 10.2. The van der Waals surface area contributed by atoms with Gasteiger partial charge in [0.25, 0.3) is 0 Å². The molecular formula is C13H21NO3. The summed E-state index contributed by atoms with van der Waals surface area (Å²) in [6, 6.07) is 0.651. The van der Waals surface area contributed by atoms with Gasteiger partial charge in [0.1, 0.15) is 5.41 Å². The van der Waals surface area contributed by atoms with Crippen molar-refractivity contribution in [2.24, 2.45) is 11.3 Å². The van der Waals surface area contributed by atoms with Crippen LogP contribution in [0.4, 0.5) is 0 Å². The minimum Gasteiger partial charge on any atom is -0.481 e. The molecule has 2 aliphatic heterocycles. The van der Waals surface area contributed by atoms with Gasteiger partial charge in [-0.15, -0.1) is 0 Å². The SMILES string of the molecule is O=C(O)C1(CN2CC3CCC2C3)CCCOC1. The second-order valence-electron chi connectivity index (χ2n) is 6.00. The van der Waals surface area contributed by atoms with Crippen molar-refractivity contribution in [3.8, 4) is 0 Å². The lowest BCUT2D eigenvalue weighted by molar-refractivity contribution is -0.159. The Hall–Kier alpha value is -0.610. The average Bonchev–Trinajstić information content (AvgIpc) is 2.92. The maximum absolute atomic E-state index is 11.6. The molecule has 3 fully saturated rings. The molecule has 3 atom stereocenters. The largest absolute Gasteiger partial charge is 0.481 e. The van der Waals surface area contributed by atoms with Gasteiger partial charge in [0.15, 0.2) is 0 Å². The summed E-state index contributed by atoms with van der Waals surface area (Å²) in [6.07, 6.45) is 5.56. The molecule has 0 radical (unpaired) electrons. The number of ether oxygens (including phenoxy) is 1. The standard InChI is InChI=1S/C13H21NO3/c15-12(16)13(4-1-5-17-9-13)8-14-7-10-2-3-11(14)6-10/h10-11H,1-9H2,(H,15,16). The Balaban J connectivity index is 1.70. The molecule has 0 aromatic heterocycles. The highest BCUT2D eigenvalue weighted by molar-refractivity contribution is 5.75. The Kier molecular flexibility index (Phi) is 2.87. The lowest BCUT2D eigenvalue weighted by Gasteiger charge is -2.39. The van der Waals surface area contributed by atoms with E-state index in [2.05, 4.69) is 4.90 Å². The van der Waals surface area contributed by atoms with Crippen LogP contribution in [0.2, 0.25) is 0 Å². The predicted octanol–water partition coefficient (Wildman–Crippen LogP) is 1.35. The third-order valence-corrected chi connectivity index (χ3v) is 4.80. The fourth-order valence-corrected chi connectivity index (χ4v) is 3.82. The number of fused-ring (bicyclic) bond motifs is 2. The smallest absolute Gasteiger partial charge is 0.313 e. The Morgan fingerprint density at radius 3 is 2.88 bits per heavy atom. The highest BCUT2D eigenvalue weighted by Gasteiger charge is 2.46. The molecule has 17 heavy (non-hydrogen) atoms. The molecule has 2 heterocycles. The van der Waals surface area contributed by atoms with Gasteiger partial charge in [0, 0.05) is 25.7 Å². The Morgan fingerprint density at radius 2 is 2.35 bits per heavy atom. The van der Waals surface area contributed by atoms with Gasteiger partial charge in [-0.2, -0.15) is 0 Å². The van der Waals surface area contributed by atoms with Gasteiger partial charge in [0.05, 0.1) is 6.61 Å². The summed E-state index contributed by atoms with van der Waals surface area (Å²) >= 11 is 0. The van der Waals surface area contributed by atoms with E-state index < -0.39 is 11.4 Å². The van der Waals surface area contributed by atoms with Crippen molar-refractivity contribution < 1.29 is 14.6 Å². The molecule has 3 aliphatic rings. The van der Waals surface area contributed by atoms with E-state index in [1.54, 1.807) is 0 Å². The molecule has 4 nitrogen and oxygen atoms in total. The van der Waals surface area contributed by atoms with E-state index in [9.17, 15) is 9.90 Å². The fraction of sp³-hybridized carbons (Fsp3) is 0.923. The molecule has 1 aliphatic carbocycles. The second kappa shape index (κ2) is 4.25. The molecule has 0 aromatic carbocycles. The highest BCUT2D eigenvalue weighted by atomic mass is 16.5. The molecule has 3 unspecified atom stereocenters. The predicted molar refractivity (Wildman–Crippen MR) is 62.8 cm³/mol. The number of carboxylic acids is 1. The third kappa shape index (κ3) is 1.97. The lowest BCUT2D eigenvalue weighted by atomic mass is 9.81. The van der Waals surface area contributed by atoms with E-state index in [1.165, 1.54) is 19.3 Å². The summed E-state index contributed by atoms with van der Waals surface area (Å²) in [5.41, 5.74) is -0.636. The molecular weight excluding hydrogens is 218 g/mol. The molecule has 4 heteroatoms. The molecule has 0 spiro atoms. The normalized spacial score (nSPS) is 41.9. The highest BCUT2D eigenvalue weighted by Crippen LogP contribution is 2.40. The maximum atomic E-state index is 11.6. The first-order chi connectivity index (χ1) is 8.20. The maximum Gasteiger partial charge on any atom is 0.313 e. The van der Waals surface area contributed by atoms with Crippen molar-refractivity contribution in [1.82, 2.24) is 4.90 Å². The van der Waals surface area contributed by atoms with Gasteiger partial charge in [-0.1, -0.05) is 0 Å². The molecule has 0 amide bonds. The van der Waals surface area contributed by atoms with E-state index in [0.29, 0.717) is 19.2 Å². The molecule has 2 bridgehead atoms. The molecule has 1 N–H and O–H groups in total. The van der Waals surface area contributed by atoms with Crippen LogP contribution in [0.25, 0.3) is 0 Å². The number of piperidine rings is 1. The summed E-state index contributed by atoms with van der Waals surface area (Å²) < 4.78 is 5.43. The minimum atomic E-state index is -0.667. The van der Waals surface area contributed by atoms with E-state index in [0.717, 1.165) is 31.9 Å². The van der Waals surface area contributed by atoms with Crippen LogP contribution in [-0.4, -0.2) is 48.3 Å². The minimum absolute atomic E-state index is 0.399. The van der Waals surface area contributed by atoms with Gasteiger partial charge in [-0.3, -0.25) is 9.69 Å². The monoisotopic (exact) mass is 239 g/mol. The van der Waals surface area contributed by atoms with Crippen molar-refractivity contribution >= 4 is 5.97 Å². The first-order valence-corrected chi connectivity index (χ1v) is 6.75. The van der Waals surface area contributed by atoms with Gasteiger partial charge < -0.3 is 9.84 Å². The summed E-state index contributed by atoms with van der Waals surface area (Å²) in [5, 5.41) is 9.51. The number of hydrogen-bond donors (Lipinski definition) is 1. The van der Waals surface area contributed by atoms with Crippen LogP contribution in [0.3, 0.4) is 0 Å². The van der Waals surface area contributed by atoms with Crippen LogP contribution < -0.4 is 0 Å². The zero-order valence-electron chi connectivity index (χ0n) is 10.2. The lowest BCUT2D eigenvalue weighted by Crippen LogP contribution is -2.50. The molecule has 2 saturated heterocycles. The van der Waals surface area contributed by atoms with Crippen molar-refractivity contribution in [2.75, 3.05) is 26.3 Å². The van der Waals surface area contributed by atoms with Crippen molar-refractivity contribution in [2.45, 2.75) is 38.1 Å². The number of aliphatic carboxylic acids is 1. The number of hydrogen-bond acceptors (Lipinski definition) is 3. The first-order valence-electron chi connectivity index (χ1n) is 6.75. The van der Waals surface area contributed by atoms with Gasteiger partial charge in [-0.05, 0) is 38.0 Å². The van der Waals surface area contributed by atoms with Crippen LogP contribution >= 0.6 is 0 Å². The van der Waals surface area contributed by atoms with Crippen LogP contribution in [0.5, 0.6) is 0 Å². The van der Waals surface area contributed by atoms with Crippen LogP contribution in [0.15, 0.2) is 0 Å². The van der Waals surface area contributed by atoms with Crippen LogP contribution in [0.1, 0.15) is 32.1 Å². The Bertz CT molecular complexity index is 312. The zero-order chi connectivity index (χ0) is 11.9. The van der Waals surface area contributed by atoms with Crippen molar-refractivity contribution in [3.05, 3.63) is 0 Å². The van der Waals surface area contributed by atoms with Crippen molar-refractivity contribution in [1.29, 1.82) is 0 Å². The number of rotatable bonds is 3. The summed E-state index contributed by atoms with van der Waals surface area (Å²) in [7, 11) is 0. The first kappa shape index (κ1) is 11.5. The number of nitrogens with zero attached hydrogens (tertiary/aromatic N) is 1. The summed E-state index contributed by atoms with van der Waals surface area (Å²) in [4.78, 5) is 14.0. The number of carboxylic acid groups (broad SMARTS) is 1. The van der Waals surface area contributed by atoms with Crippen LogP contribution in [-0.2, 0) is 9.53 Å². The van der Waals surface area contributed by atoms with E-state index in [4.69, 9.17) is 4.74 Å². The number of carbonyl (C=O) groups is 1.